The summed E-state index contributed by atoms with van der Waals surface area (Å²) in [6, 6.07) is 8.09. The summed E-state index contributed by atoms with van der Waals surface area (Å²) < 4.78 is 0. The van der Waals surface area contributed by atoms with Gasteiger partial charge in [-0.25, -0.2) is 4.98 Å². The lowest BCUT2D eigenvalue weighted by Crippen LogP contribution is -1.91. The van der Waals surface area contributed by atoms with Crippen LogP contribution in [0.25, 0.3) is 11.0 Å². The molecule has 1 heterocycles. The Hall–Kier alpha value is -1.09. The van der Waals surface area contributed by atoms with Gasteiger partial charge in [0.15, 0.2) is 0 Å². The zero-order chi connectivity index (χ0) is 10.7. The summed E-state index contributed by atoms with van der Waals surface area (Å²) in [7, 11) is 0. The van der Waals surface area contributed by atoms with Crippen molar-refractivity contribution in [2.45, 2.75) is 12.8 Å². The second kappa shape index (κ2) is 4.62. The fourth-order valence-corrected chi connectivity index (χ4v) is 1.77. The summed E-state index contributed by atoms with van der Waals surface area (Å²) >= 11 is 3.39. The first-order valence-corrected chi connectivity index (χ1v) is 6.08. The molecular formula is C12H13BrN2. The highest BCUT2D eigenvalue weighted by Gasteiger charge is 2.02. The van der Waals surface area contributed by atoms with E-state index in [0.717, 1.165) is 35.0 Å². The van der Waals surface area contributed by atoms with E-state index in [0.29, 0.717) is 0 Å². The molecule has 1 N–H and O–H groups in total. The Morgan fingerprint density at radius 3 is 2.93 bits per heavy atom. The molecule has 0 unspecified atom stereocenters. The molecule has 0 aliphatic heterocycles. The SMILES string of the molecule is C=C(CBr)CCc1nc2ccccc2[nH]1. The first-order valence-electron chi connectivity index (χ1n) is 4.96. The summed E-state index contributed by atoms with van der Waals surface area (Å²) in [5.74, 6) is 1.04. The third-order valence-electron chi connectivity index (χ3n) is 2.34. The number of allylic oxidation sites excluding steroid dienone is 1. The standard InChI is InChI=1S/C12H13BrN2/c1-9(8-13)6-7-12-14-10-4-2-3-5-11(10)15-12/h2-5H,1,6-8H2,(H,14,15). The number of halogens is 1. The van der Waals surface area contributed by atoms with Gasteiger partial charge >= 0.3 is 0 Å². The Labute approximate surface area is 97.5 Å². The number of rotatable bonds is 4. The first-order chi connectivity index (χ1) is 7.29. The van der Waals surface area contributed by atoms with Gasteiger partial charge in [-0.05, 0) is 18.6 Å². The minimum absolute atomic E-state index is 0.868. The first kappa shape index (κ1) is 10.4. The molecule has 0 aliphatic rings. The van der Waals surface area contributed by atoms with E-state index in [1.807, 2.05) is 24.3 Å². The summed E-state index contributed by atoms with van der Waals surface area (Å²) in [5, 5.41) is 0.868. The second-order valence-corrected chi connectivity index (χ2v) is 4.15. The molecule has 0 spiro atoms. The zero-order valence-corrected chi connectivity index (χ0v) is 10.0. The van der Waals surface area contributed by atoms with E-state index in [1.54, 1.807) is 0 Å². The fraction of sp³-hybridized carbons (Fsp3) is 0.250. The number of imidazole rings is 1. The van der Waals surface area contributed by atoms with Crippen molar-refractivity contribution in [1.29, 1.82) is 0 Å². The van der Waals surface area contributed by atoms with Crippen LogP contribution in [-0.2, 0) is 6.42 Å². The Balaban J connectivity index is 2.12. The van der Waals surface area contributed by atoms with E-state index in [2.05, 4.69) is 32.5 Å². The van der Waals surface area contributed by atoms with Gasteiger partial charge in [0.2, 0.25) is 0 Å². The van der Waals surface area contributed by atoms with Crippen LogP contribution in [0.2, 0.25) is 0 Å². The van der Waals surface area contributed by atoms with E-state index in [1.165, 1.54) is 5.57 Å². The molecule has 0 bridgehead atoms. The van der Waals surface area contributed by atoms with Crippen LogP contribution in [0, 0.1) is 0 Å². The number of hydrogen-bond acceptors (Lipinski definition) is 1. The predicted molar refractivity (Wildman–Crippen MR) is 67.3 cm³/mol. The Bertz CT molecular complexity index is 440. The number of fused-ring (bicyclic) bond motifs is 1. The van der Waals surface area contributed by atoms with Crippen LogP contribution in [-0.4, -0.2) is 15.3 Å². The number of nitrogens with one attached hydrogen (secondary N) is 1. The van der Waals surface area contributed by atoms with Crippen molar-refractivity contribution in [3.8, 4) is 0 Å². The molecule has 2 aromatic rings. The van der Waals surface area contributed by atoms with Crippen LogP contribution < -0.4 is 0 Å². The monoisotopic (exact) mass is 264 g/mol. The number of nitrogens with zero attached hydrogens (tertiary/aromatic N) is 1. The van der Waals surface area contributed by atoms with E-state index in [4.69, 9.17) is 0 Å². The summed E-state index contributed by atoms with van der Waals surface area (Å²) in [6.07, 6.45) is 1.91. The number of hydrogen-bond donors (Lipinski definition) is 1. The average molecular weight is 265 g/mol. The number of alkyl halides is 1. The van der Waals surface area contributed by atoms with Gasteiger partial charge in [0.05, 0.1) is 11.0 Å². The van der Waals surface area contributed by atoms with Gasteiger partial charge in [-0.3, -0.25) is 0 Å². The highest BCUT2D eigenvalue weighted by molar-refractivity contribution is 9.09. The Kier molecular flexibility index (Phi) is 3.21. The van der Waals surface area contributed by atoms with Crippen molar-refractivity contribution < 1.29 is 0 Å². The van der Waals surface area contributed by atoms with Crippen molar-refractivity contribution >= 4 is 27.0 Å². The summed E-state index contributed by atoms with van der Waals surface area (Å²) in [4.78, 5) is 7.81. The van der Waals surface area contributed by atoms with Crippen molar-refractivity contribution in [2.24, 2.45) is 0 Å². The normalized spacial score (nSPS) is 10.7. The van der Waals surface area contributed by atoms with Crippen LogP contribution in [0.15, 0.2) is 36.4 Å². The maximum absolute atomic E-state index is 4.51. The molecule has 0 fully saturated rings. The molecule has 0 radical (unpaired) electrons. The zero-order valence-electron chi connectivity index (χ0n) is 8.46. The lowest BCUT2D eigenvalue weighted by molar-refractivity contribution is 0.885. The summed E-state index contributed by atoms with van der Waals surface area (Å²) in [6.45, 7) is 3.95. The van der Waals surface area contributed by atoms with Crippen molar-refractivity contribution in [3.05, 3.63) is 42.2 Å². The number of aromatic nitrogens is 2. The number of benzene rings is 1. The number of para-hydroxylation sites is 2. The second-order valence-electron chi connectivity index (χ2n) is 3.58. The topological polar surface area (TPSA) is 28.7 Å². The van der Waals surface area contributed by atoms with Crippen molar-refractivity contribution in [2.75, 3.05) is 5.33 Å². The lowest BCUT2D eigenvalue weighted by Gasteiger charge is -1.97. The van der Waals surface area contributed by atoms with Crippen LogP contribution in [0.5, 0.6) is 0 Å². The minimum Gasteiger partial charge on any atom is -0.342 e. The van der Waals surface area contributed by atoms with Gasteiger partial charge in [-0.1, -0.05) is 40.2 Å². The molecule has 2 nitrogen and oxygen atoms in total. The van der Waals surface area contributed by atoms with Gasteiger partial charge in [0.1, 0.15) is 5.82 Å². The molecule has 0 amide bonds. The van der Waals surface area contributed by atoms with Crippen LogP contribution in [0.3, 0.4) is 0 Å². The van der Waals surface area contributed by atoms with Crippen molar-refractivity contribution in [3.63, 3.8) is 0 Å². The quantitative estimate of drug-likeness (QED) is 0.665. The fourth-order valence-electron chi connectivity index (χ4n) is 1.49. The van der Waals surface area contributed by atoms with E-state index in [9.17, 15) is 0 Å². The molecule has 15 heavy (non-hydrogen) atoms. The maximum atomic E-state index is 4.51. The third kappa shape index (κ3) is 2.48. The smallest absolute Gasteiger partial charge is 0.107 e. The Morgan fingerprint density at radius 2 is 2.20 bits per heavy atom. The number of aryl methyl sites for hydroxylation is 1. The average Bonchev–Trinajstić information content (AvgIpc) is 2.68. The largest absolute Gasteiger partial charge is 0.342 e. The van der Waals surface area contributed by atoms with Gasteiger partial charge in [-0.2, -0.15) is 0 Å². The van der Waals surface area contributed by atoms with Crippen molar-refractivity contribution in [1.82, 2.24) is 9.97 Å². The van der Waals surface area contributed by atoms with E-state index < -0.39 is 0 Å². The van der Waals surface area contributed by atoms with Crippen LogP contribution >= 0.6 is 15.9 Å². The molecule has 0 saturated carbocycles. The van der Waals surface area contributed by atoms with Gasteiger partial charge in [-0.15, -0.1) is 0 Å². The third-order valence-corrected chi connectivity index (χ3v) is 3.14. The highest BCUT2D eigenvalue weighted by Crippen LogP contribution is 2.13. The maximum Gasteiger partial charge on any atom is 0.107 e. The number of H-pyrrole nitrogens is 1. The molecule has 0 saturated heterocycles. The molecule has 3 heteroatoms. The number of aromatic amines is 1. The molecule has 78 valence electrons. The lowest BCUT2D eigenvalue weighted by atomic mass is 10.2. The Morgan fingerprint density at radius 1 is 1.40 bits per heavy atom. The van der Waals surface area contributed by atoms with Gasteiger partial charge < -0.3 is 4.98 Å². The molecule has 0 atom stereocenters. The molecule has 2 rings (SSSR count). The molecular weight excluding hydrogens is 252 g/mol. The van der Waals surface area contributed by atoms with Crippen LogP contribution in [0.1, 0.15) is 12.2 Å². The van der Waals surface area contributed by atoms with Crippen LogP contribution in [0.4, 0.5) is 0 Å². The van der Waals surface area contributed by atoms with E-state index in [-0.39, 0.29) is 0 Å². The highest BCUT2D eigenvalue weighted by atomic mass is 79.9. The minimum atomic E-state index is 0.868. The predicted octanol–water partition coefficient (Wildman–Crippen LogP) is 3.45. The van der Waals surface area contributed by atoms with Gasteiger partial charge in [0.25, 0.3) is 0 Å². The summed E-state index contributed by atoms with van der Waals surface area (Å²) in [5.41, 5.74) is 3.35. The molecule has 1 aromatic carbocycles. The van der Waals surface area contributed by atoms with E-state index >= 15 is 0 Å². The van der Waals surface area contributed by atoms with Gasteiger partial charge in [0, 0.05) is 11.8 Å². The molecule has 0 aliphatic carbocycles. The molecule has 1 aromatic heterocycles.